The van der Waals surface area contributed by atoms with Gasteiger partial charge < -0.3 is 19.6 Å². The van der Waals surface area contributed by atoms with Crippen LogP contribution in [0.25, 0.3) is 0 Å². The molecule has 0 radical (unpaired) electrons. The van der Waals surface area contributed by atoms with Gasteiger partial charge in [-0.25, -0.2) is 4.79 Å². The molecule has 0 aliphatic carbocycles. The van der Waals surface area contributed by atoms with Gasteiger partial charge in [-0.2, -0.15) is 0 Å². The fourth-order valence-electron chi connectivity index (χ4n) is 2.59. The van der Waals surface area contributed by atoms with Crippen molar-refractivity contribution in [3.8, 4) is 5.75 Å². The first-order chi connectivity index (χ1) is 12.7. The zero-order valence-electron chi connectivity index (χ0n) is 16.1. The lowest BCUT2D eigenvalue weighted by Gasteiger charge is -2.23. The lowest BCUT2D eigenvalue weighted by Crippen LogP contribution is -2.39. The van der Waals surface area contributed by atoms with Crippen LogP contribution in [0.3, 0.4) is 0 Å². The van der Waals surface area contributed by atoms with Crippen molar-refractivity contribution in [3.63, 3.8) is 0 Å². The molecule has 1 N–H and O–H groups in total. The molecule has 0 heterocycles. The maximum absolute atomic E-state index is 12.4. The number of rotatable bonds is 13. The molecule has 1 aromatic rings. The van der Waals surface area contributed by atoms with E-state index in [0.29, 0.717) is 6.42 Å². The average molecular weight is 361 g/mol. The topological polar surface area (TPSA) is 64.6 Å². The Kier molecular flexibility index (Phi) is 10.9. The van der Waals surface area contributed by atoms with E-state index in [0.717, 1.165) is 30.6 Å². The van der Waals surface area contributed by atoms with Gasteiger partial charge >= 0.3 is 5.97 Å². The molecule has 0 spiro atoms. The number of hydrogen-bond acceptors (Lipinski definition) is 5. The molecule has 0 aliphatic rings. The molecule has 144 valence electrons. The van der Waals surface area contributed by atoms with E-state index >= 15 is 0 Å². The highest BCUT2D eigenvalue weighted by atomic mass is 16.5. The number of benzene rings is 1. The molecule has 0 aromatic heterocycles. The predicted octanol–water partition coefficient (Wildman–Crippen LogP) is 4.38. The molecular formula is C21H31NO4. The van der Waals surface area contributed by atoms with E-state index in [2.05, 4.69) is 18.3 Å². The van der Waals surface area contributed by atoms with E-state index in [-0.39, 0.29) is 6.61 Å². The molecule has 0 fully saturated rings. The Morgan fingerprint density at radius 1 is 1.15 bits per heavy atom. The Bertz CT molecular complexity index is 554. The van der Waals surface area contributed by atoms with Crippen LogP contribution in [0.1, 0.15) is 46.0 Å². The quantitative estimate of drug-likeness (QED) is 0.244. The van der Waals surface area contributed by atoms with Gasteiger partial charge in [-0.15, -0.1) is 0 Å². The second-order valence-electron chi connectivity index (χ2n) is 6.11. The third-order valence-corrected chi connectivity index (χ3v) is 4.10. The first-order valence-electron chi connectivity index (χ1n) is 9.33. The van der Waals surface area contributed by atoms with Crippen molar-refractivity contribution in [2.45, 2.75) is 52.0 Å². The van der Waals surface area contributed by atoms with E-state index < -0.39 is 17.9 Å². The molecule has 1 rings (SSSR count). The summed E-state index contributed by atoms with van der Waals surface area (Å²) < 4.78 is 10.3. The van der Waals surface area contributed by atoms with Gasteiger partial charge in [-0.3, -0.25) is 0 Å². The third kappa shape index (κ3) is 7.72. The molecule has 0 amide bonds. The van der Waals surface area contributed by atoms with Crippen LogP contribution in [0.4, 0.5) is 5.69 Å². The fraction of sp³-hybridized carbons (Fsp3) is 0.524. The molecule has 5 heteroatoms. The first kappa shape index (κ1) is 21.7. The zero-order valence-corrected chi connectivity index (χ0v) is 16.1. The zero-order chi connectivity index (χ0) is 19.2. The van der Waals surface area contributed by atoms with Gasteiger partial charge in [0.25, 0.3) is 0 Å². The Morgan fingerprint density at radius 2 is 1.88 bits per heavy atom. The van der Waals surface area contributed by atoms with Crippen LogP contribution in [0.15, 0.2) is 36.4 Å². The normalized spacial score (nSPS) is 13.2. The summed E-state index contributed by atoms with van der Waals surface area (Å²) in [6.07, 6.45) is 9.92. The minimum atomic E-state index is -0.721. The van der Waals surface area contributed by atoms with Gasteiger partial charge in [0.05, 0.1) is 13.7 Å². The average Bonchev–Trinajstić information content (AvgIpc) is 2.67. The molecule has 0 bridgehead atoms. The van der Waals surface area contributed by atoms with Gasteiger partial charge in [0.1, 0.15) is 18.1 Å². The highest BCUT2D eigenvalue weighted by molar-refractivity contribution is 5.83. The van der Waals surface area contributed by atoms with E-state index in [4.69, 9.17) is 9.47 Å². The molecule has 0 saturated heterocycles. The summed E-state index contributed by atoms with van der Waals surface area (Å²) in [7, 11) is 1.60. The minimum absolute atomic E-state index is 0.276. The van der Waals surface area contributed by atoms with E-state index in [1.54, 1.807) is 26.2 Å². The molecular weight excluding hydrogens is 330 g/mol. The van der Waals surface area contributed by atoms with Gasteiger partial charge in [-0.05, 0) is 50.5 Å². The van der Waals surface area contributed by atoms with Crippen molar-refractivity contribution in [1.82, 2.24) is 0 Å². The monoisotopic (exact) mass is 361 g/mol. The van der Waals surface area contributed by atoms with E-state index in [1.165, 1.54) is 12.8 Å². The standard InChI is InChI=1S/C21H31NO4/c1-4-6-7-8-9-10-11-17(16-23)20(21(24)26-5-2)22-18-12-14-19(25-3)15-13-18/h9-10,12-17,20,22H,4-8,11H2,1-3H3/b10-9+/t17-,20+/m1/s1. The summed E-state index contributed by atoms with van der Waals surface area (Å²) in [5, 5.41) is 3.13. The predicted molar refractivity (Wildman–Crippen MR) is 104 cm³/mol. The minimum Gasteiger partial charge on any atom is -0.497 e. The number of methoxy groups -OCH3 is 1. The van der Waals surface area contributed by atoms with Crippen LogP contribution in [-0.4, -0.2) is 32.0 Å². The maximum Gasteiger partial charge on any atom is 0.329 e. The van der Waals surface area contributed by atoms with E-state index in [1.807, 2.05) is 18.2 Å². The van der Waals surface area contributed by atoms with E-state index in [9.17, 15) is 9.59 Å². The molecule has 0 aliphatic heterocycles. The first-order valence-corrected chi connectivity index (χ1v) is 9.33. The van der Waals surface area contributed by atoms with Crippen LogP contribution in [0, 0.1) is 5.92 Å². The van der Waals surface area contributed by atoms with Crippen molar-refractivity contribution in [1.29, 1.82) is 0 Å². The van der Waals surface area contributed by atoms with Crippen LogP contribution in [0.5, 0.6) is 5.75 Å². The summed E-state index contributed by atoms with van der Waals surface area (Å²) in [6, 6.07) is 6.50. The van der Waals surface area contributed by atoms with Gasteiger partial charge in [0.2, 0.25) is 0 Å². The molecule has 0 unspecified atom stereocenters. The molecule has 2 atom stereocenters. The van der Waals surface area contributed by atoms with Crippen molar-refractivity contribution in [2.24, 2.45) is 5.92 Å². The number of nitrogens with one attached hydrogen (secondary N) is 1. The van der Waals surface area contributed by atoms with Crippen molar-refractivity contribution in [2.75, 3.05) is 19.0 Å². The number of esters is 1. The molecule has 26 heavy (non-hydrogen) atoms. The Hall–Kier alpha value is -2.30. The number of unbranched alkanes of at least 4 members (excludes halogenated alkanes) is 3. The molecule has 1 aromatic carbocycles. The smallest absolute Gasteiger partial charge is 0.329 e. The van der Waals surface area contributed by atoms with Crippen LogP contribution in [-0.2, 0) is 14.3 Å². The summed E-state index contributed by atoms with van der Waals surface area (Å²) in [6.45, 7) is 4.20. The number of carbonyl (C=O) groups is 2. The Labute approximate surface area is 156 Å². The number of carbonyl (C=O) groups excluding carboxylic acids is 2. The van der Waals surface area contributed by atoms with Crippen LogP contribution < -0.4 is 10.1 Å². The Balaban J connectivity index is 2.77. The maximum atomic E-state index is 12.4. The lowest BCUT2D eigenvalue weighted by atomic mass is 9.96. The number of anilines is 1. The number of aldehydes is 1. The van der Waals surface area contributed by atoms with Gasteiger partial charge in [0.15, 0.2) is 0 Å². The van der Waals surface area contributed by atoms with Crippen molar-refractivity contribution in [3.05, 3.63) is 36.4 Å². The second-order valence-corrected chi connectivity index (χ2v) is 6.11. The molecule has 5 nitrogen and oxygen atoms in total. The summed E-state index contributed by atoms with van der Waals surface area (Å²) in [4.78, 5) is 24.0. The van der Waals surface area contributed by atoms with Gasteiger partial charge in [-0.1, -0.05) is 31.9 Å². The highest BCUT2D eigenvalue weighted by Gasteiger charge is 2.28. The van der Waals surface area contributed by atoms with Crippen molar-refractivity contribution < 1.29 is 19.1 Å². The number of ether oxygens (including phenoxy) is 2. The summed E-state index contributed by atoms with van der Waals surface area (Å²) in [5.74, 6) is -0.177. The lowest BCUT2D eigenvalue weighted by molar-refractivity contribution is -0.146. The fourth-order valence-corrected chi connectivity index (χ4v) is 2.59. The SMILES string of the molecule is CCCCC/C=C/C[C@H](C=O)[C@H](Nc1ccc(OC)cc1)C(=O)OCC. The summed E-state index contributed by atoms with van der Waals surface area (Å²) >= 11 is 0. The largest absolute Gasteiger partial charge is 0.497 e. The summed E-state index contributed by atoms with van der Waals surface area (Å²) in [5.41, 5.74) is 0.739. The molecule has 0 saturated carbocycles. The van der Waals surface area contributed by atoms with Crippen molar-refractivity contribution >= 4 is 17.9 Å². The van der Waals surface area contributed by atoms with Crippen LogP contribution in [0.2, 0.25) is 0 Å². The highest BCUT2D eigenvalue weighted by Crippen LogP contribution is 2.20. The second kappa shape index (κ2) is 13.0. The van der Waals surface area contributed by atoms with Gasteiger partial charge in [0, 0.05) is 11.6 Å². The number of hydrogen-bond donors (Lipinski definition) is 1. The Morgan fingerprint density at radius 3 is 2.46 bits per heavy atom. The number of allylic oxidation sites excluding steroid dienone is 2. The van der Waals surface area contributed by atoms with Crippen LogP contribution >= 0.6 is 0 Å². The third-order valence-electron chi connectivity index (χ3n) is 4.10.